The molecule has 2 saturated heterocycles. The highest BCUT2D eigenvalue weighted by Gasteiger charge is 2.48. The summed E-state index contributed by atoms with van der Waals surface area (Å²) in [6, 6.07) is 3.69. The molecule has 0 amide bonds. The third-order valence-corrected chi connectivity index (χ3v) is 4.71. The largest absolute Gasteiger partial charge is 0.370 e. The lowest BCUT2D eigenvalue weighted by atomic mass is 9.83. The molecular weight excluding hydrogens is 290 g/mol. The van der Waals surface area contributed by atoms with Crippen LogP contribution < -0.4 is 0 Å². The van der Waals surface area contributed by atoms with Crippen molar-refractivity contribution in [3.05, 3.63) is 35.4 Å². The number of rotatable bonds is 3. The molecule has 0 N–H and O–H groups in total. The monoisotopic (exact) mass is 312 g/mol. The van der Waals surface area contributed by atoms with Crippen molar-refractivity contribution in [2.24, 2.45) is 5.92 Å². The predicted molar refractivity (Wildman–Crippen MR) is 77.3 cm³/mol. The fraction of sp³-hybridized carbons (Fsp3) is 0.647. The minimum absolute atomic E-state index is 0.0491. The number of hydrogen-bond acceptors (Lipinski definition) is 3. The van der Waals surface area contributed by atoms with Crippen LogP contribution in [-0.4, -0.2) is 25.1 Å². The molecule has 1 aromatic rings. The molecule has 1 aromatic carbocycles. The first kappa shape index (κ1) is 15.8. The molecule has 5 heteroatoms. The Kier molecular flexibility index (Phi) is 4.00. The predicted octanol–water partition coefficient (Wildman–Crippen LogP) is 3.76. The molecule has 0 radical (unpaired) electrons. The molecule has 2 aliphatic rings. The summed E-state index contributed by atoms with van der Waals surface area (Å²) >= 11 is 0. The first-order valence-electron chi connectivity index (χ1n) is 7.76. The second-order valence-electron chi connectivity index (χ2n) is 6.61. The number of benzene rings is 1. The highest BCUT2D eigenvalue weighted by molar-refractivity contribution is 5.26. The average Bonchev–Trinajstić information content (AvgIpc) is 3.03. The van der Waals surface area contributed by atoms with Gasteiger partial charge in [0.25, 0.3) is 0 Å². The molecule has 0 spiro atoms. The summed E-state index contributed by atoms with van der Waals surface area (Å²) in [4.78, 5) is 0. The van der Waals surface area contributed by atoms with Gasteiger partial charge in [-0.2, -0.15) is 0 Å². The van der Waals surface area contributed by atoms with E-state index in [1.165, 1.54) is 12.1 Å². The Hall–Kier alpha value is -1.04. The summed E-state index contributed by atoms with van der Waals surface area (Å²) in [7, 11) is 0. The topological polar surface area (TPSA) is 27.7 Å². The average molecular weight is 312 g/mol. The smallest absolute Gasteiger partial charge is 0.163 e. The Morgan fingerprint density at radius 2 is 1.95 bits per heavy atom. The van der Waals surface area contributed by atoms with Crippen LogP contribution in [0.3, 0.4) is 0 Å². The molecule has 22 heavy (non-hydrogen) atoms. The van der Waals surface area contributed by atoms with Gasteiger partial charge in [0.1, 0.15) is 11.6 Å². The van der Waals surface area contributed by atoms with Gasteiger partial charge in [-0.25, -0.2) is 8.78 Å². The van der Waals surface area contributed by atoms with Crippen LogP contribution in [0, 0.1) is 17.6 Å². The second-order valence-corrected chi connectivity index (χ2v) is 6.61. The van der Waals surface area contributed by atoms with Gasteiger partial charge in [0.05, 0.1) is 24.9 Å². The molecule has 2 heterocycles. The van der Waals surface area contributed by atoms with E-state index in [-0.39, 0.29) is 12.0 Å². The zero-order valence-corrected chi connectivity index (χ0v) is 13.2. The lowest BCUT2D eigenvalue weighted by Gasteiger charge is -2.28. The molecule has 0 saturated carbocycles. The van der Waals surface area contributed by atoms with Crippen molar-refractivity contribution in [3.8, 4) is 0 Å². The van der Waals surface area contributed by atoms with Gasteiger partial charge in [0.2, 0.25) is 0 Å². The third-order valence-electron chi connectivity index (χ3n) is 4.71. The summed E-state index contributed by atoms with van der Waals surface area (Å²) in [5.74, 6) is -1.56. The van der Waals surface area contributed by atoms with Crippen LogP contribution in [0.15, 0.2) is 18.2 Å². The van der Waals surface area contributed by atoms with Gasteiger partial charge in [0, 0.05) is 17.5 Å². The maximum Gasteiger partial charge on any atom is 0.163 e. The van der Waals surface area contributed by atoms with Gasteiger partial charge >= 0.3 is 0 Å². The number of hydrogen-bond donors (Lipinski definition) is 0. The quantitative estimate of drug-likeness (QED) is 0.850. The lowest BCUT2D eigenvalue weighted by molar-refractivity contribution is -0.144. The summed E-state index contributed by atoms with van der Waals surface area (Å²) in [5.41, 5.74) is -0.282. The van der Waals surface area contributed by atoms with E-state index >= 15 is 0 Å². The molecule has 0 aromatic heterocycles. The molecular formula is C17H22F2O3. The second kappa shape index (κ2) is 5.55. The zero-order chi connectivity index (χ0) is 16.0. The van der Waals surface area contributed by atoms with Crippen LogP contribution >= 0.6 is 0 Å². The minimum atomic E-state index is -0.710. The van der Waals surface area contributed by atoms with Crippen LogP contribution in [0.5, 0.6) is 0 Å². The lowest BCUT2D eigenvalue weighted by Crippen LogP contribution is -2.29. The first-order chi connectivity index (χ1) is 10.4. The van der Waals surface area contributed by atoms with E-state index in [1.54, 1.807) is 0 Å². The minimum Gasteiger partial charge on any atom is -0.370 e. The van der Waals surface area contributed by atoms with E-state index in [0.717, 1.165) is 6.07 Å². The van der Waals surface area contributed by atoms with Crippen molar-refractivity contribution in [2.75, 3.05) is 13.2 Å². The first-order valence-corrected chi connectivity index (χ1v) is 7.76. The SMILES string of the molecule is CC[C@]1(c2ccc(F)cc2F)C[C@H]([C@H]2COC(C)(C)O2)CO1. The van der Waals surface area contributed by atoms with Crippen LogP contribution in [0.25, 0.3) is 0 Å². The molecule has 2 fully saturated rings. The Bertz CT molecular complexity index is 561. The van der Waals surface area contributed by atoms with Gasteiger partial charge < -0.3 is 14.2 Å². The van der Waals surface area contributed by atoms with Crippen molar-refractivity contribution in [1.82, 2.24) is 0 Å². The molecule has 0 unspecified atom stereocenters. The molecule has 122 valence electrons. The number of ether oxygens (including phenoxy) is 3. The molecule has 3 nitrogen and oxygen atoms in total. The van der Waals surface area contributed by atoms with Gasteiger partial charge in [0.15, 0.2) is 5.79 Å². The fourth-order valence-corrected chi connectivity index (χ4v) is 3.48. The van der Waals surface area contributed by atoms with Crippen molar-refractivity contribution in [2.45, 2.75) is 51.1 Å². The van der Waals surface area contributed by atoms with Crippen molar-refractivity contribution >= 4 is 0 Å². The molecule has 3 atom stereocenters. The van der Waals surface area contributed by atoms with E-state index < -0.39 is 23.0 Å². The molecule has 2 aliphatic heterocycles. The maximum absolute atomic E-state index is 14.2. The standard InChI is InChI=1S/C17H22F2O3/c1-4-17(13-6-5-12(18)7-14(13)19)8-11(9-21-17)15-10-20-16(2,3)22-15/h5-7,11,15H,4,8-10H2,1-3H3/t11-,15+,17+/m0/s1. The van der Waals surface area contributed by atoms with Crippen LogP contribution in [0.4, 0.5) is 8.78 Å². The molecule has 3 rings (SSSR count). The Labute approximate surface area is 129 Å². The van der Waals surface area contributed by atoms with Crippen molar-refractivity contribution < 1.29 is 23.0 Å². The Morgan fingerprint density at radius 3 is 2.55 bits per heavy atom. The van der Waals surface area contributed by atoms with Gasteiger partial charge in [-0.15, -0.1) is 0 Å². The highest BCUT2D eigenvalue weighted by Crippen LogP contribution is 2.45. The molecule has 0 aliphatic carbocycles. The van der Waals surface area contributed by atoms with E-state index in [2.05, 4.69) is 0 Å². The summed E-state index contributed by atoms with van der Waals surface area (Å²) in [5, 5.41) is 0. The highest BCUT2D eigenvalue weighted by atomic mass is 19.1. The molecule has 0 bridgehead atoms. The van der Waals surface area contributed by atoms with Gasteiger partial charge in [-0.05, 0) is 32.8 Å². The zero-order valence-electron chi connectivity index (χ0n) is 13.2. The summed E-state index contributed by atoms with van der Waals surface area (Å²) in [6.45, 7) is 6.74. The Morgan fingerprint density at radius 1 is 1.18 bits per heavy atom. The van der Waals surface area contributed by atoms with Crippen molar-refractivity contribution in [1.29, 1.82) is 0 Å². The van der Waals surface area contributed by atoms with E-state index in [9.17, 15) is 8.78 Å². The van der Waals surface area contributed by atoms with Crippen LogP contribution in [-0.2, 0) is 19.8 Å². The van der Waals surface area contributed by atoms with Crippen molar-refractivity contribution in [3.63, 3.8) is 0 Å². The van der Waals surface area contributed by atoms with Gasteiger partial charge in [-0.1, -0.05) is 13.0 Å². The van der Waals surface area contributed by atoms with Crippen LogP contribution in [0.2, 0.25) is 0 Å². The van der Waals surface area contributed by atoms with Crippen LogP contribution in [0.1, 0.15) is 39.2 Å². The van der Waals surface area contributed by atoms with Gasteiger partial charge in [-0.3, -0.25) is 0 Å². The normalized spacial score (nSPS) is 34.2. The van der Waals surface area contributed by atoms with E-state index in [1.807, 2.05) is 20.8 Å². The maximum atomic E-state index is 14.2. The van der Waals surface area contributed by atoms with E-state index in [4.69, 9.17) is 14.2 Å². The third kappa shape index (κ3) is 2.77. The number of halogens is 2. The van der Waals surface area contributed by atoms with E-state index in [0.29, 0.717) is 31.6 Å². The Balaban J connectivity index is 1.81. The summed E-state index contributed by atoms with van der Waals surface area (Å²) in [6.07, 6.45) is 1.23. The fourth-order valence-electron chi connectivity index (χ4n) is 3.48. The summed E-state index contributed by atoms with van der Waals surface area (Å²) < 4.78 is 44.8.